The van der Waals surface area contributed by atoms with Crippen molar-refractivity contribution in [3.05, 3.63) is 45.8 Å². The molecule has 19 heavy (non-hydrogen) atoms. The van der Waals surface area contributed by atoms with Crippen molar-refractivity contribution in [1.82, 2.24) is 0 Å². The Hall–Kier alpha value is -1.13. The second kappa shape index (κ2) is 6.35. The maximum absolute atomic E-state index is 6.15. The van der Waals surface area contributed by atoms with E-state index in [1.807, 2.05) is 44.2 Å². The van der Waals surface area contributed by atoms with E-state index >= 15 is 0 Å². The van der Waals surface area contributed by atoms with Gasteiger partial charge in [-0.05, 0) is 60.1 Å². The lowest BCUT2D eigenvalue weighted by atomic mass is 10.2. The third kappa shape index (κ3) is 3.67. The van der Waals surface area contributed by atoms with Crippen LogP contribution in [0, 0.1) is 0 Å². The minimum atomic E-state index is 0.0558. The van der Waals surface area contributed by atoms with E-state index in [0.29, 0.717) is 17.4 Å². The Kier molecular flexibility index (Phi) is 4.77. The molecular weight excluding hydrogens is 330 g/mol. The molecule has 1 atom stereocenters. The molecule has 0 amide bonds. The van der Waals surface area contributed by atoms with Gasteiger partial charge in [-0.25, -0.2) is 0 Å². The van der Waals surface area contributed by atoms with Crippen molar-refractivity contribution in [1.29, 1.82) is 0 Å². The van der Waals surface area contributed by atoms with Crippen molar-refractivity contribution >= 4 is 33.2 Å². The largest absolute Gasteiger partial charge is 0.492 e. The summed E-state index contributed by atoms with van der Waals surface area (Å²) in [6.45, 7) is 4.55. The fourth-order valence-corrected chi connectivity index (χ4v) is 2.30. The summed E-state index contributed by atoms with van der Waals surface area (Å²) in [7, 11) is 0. The fourth-order valence-electron chi connectivity index (χ4n) is 1.75. The van der Waals surface area contributed by atoms with Crippen LogP contribution < -0.4 is 10.1 Å². The first-order valence-electron chi connectivity index (χ1n) is 6.04. The van der Waals surface area contributed by atoms with Crippen LogP contribution in [0.5, 0.6) is 5.75 Å². The standard InChI is InChI=1S/C14H15BrClNO2/c1-3-18-13-5-4-10(8-11(13)16)17-9(2)12-6-7-14(15)19-12/h4-9,17H,3H2,1-2H3. The first-order valence-corrected chi connectivity index (χ1v) is 7.21. The first kappa shape index (κ1) is 14.3. The lowest BCUT2D eigenvalue weighted by Crippen LogP contribution is -2.05. The van der Waals surface area contributed by atoms with Crippen LogP contribution in [0.3, 0.4) is 0 Å². The summed E-state index contributed by atoms with van der Waals surface area (Å²) in [6, 6.07) is 9.50. The number of benzene rings is 1. The maximum atomic E-state index is 6.15. The molecule has 5 heteroatoms. The topological polar surface area (TPSA) is 34.4 Å². The molecule has 0 fully saturated rings. The molecule has 2 rings (SSSR count). The molecule has 0 bridgehead atoms. The van der Waals surface area contributed by atoms with Gasteiger partial charge in [0.2, 0.25) is 0 Å². The smallest absolute Gasteiger partial charge is 0.169 e. The maximum Gasteiger partial charge on any atom is 0.169 e. The van der Waals surface area contributed by atoms with Crippen LogP contribution in [0.1, 0.15) is 25.6 Å². The summed E-state index contributed by atoms with van der Waals surface area (Å²) < 4.78 is 11.6. The predicted molar refractivity (Wildman–Crippen MR) is 81.1 cm³/mol. The van der Waals surface area contributed by atoms with Gasteiger partial charge in [0.25, 0.3) is 0 Å². The van der Waals surface area contributed by atoms with E-state index in [-0.39, 0.29) is 6.04 Å². The van der Waals surface area contributed by atoms with Gasteiger partial charge in [-0.3, -0.25) is 0 Å². The van der Waals surface area contributed by atoms with Crippen molar-refractivity contribution in [2.75, 3.05) is 11.9 Å². The van der Waals surface area contributed by atoms with E-state index in [0.717, 1.165) is 16.1 Å². The molecule has 0 aliphatic heterocycles. The number of furan rings is 1. The molecule has 1 N–H and O–H groups in total. The zero-order valence-corrected chi connectivity index (χ0v) is 13.1. The molecular formula is C14H15BrClNO2. The first-order chi connectivity index (χ1) is 9.10. The molecule has 1 aromatic heterocycles. The zero-order chi connectivity index (χ0) is 13.8. The van der Waals surface area contributed by atoms with Gasteiger partial charge < -0.3 is 14.5 Å². The Labute approximate surface area is 126 Å². The summed E-state index contributed by atoms with van der Waals surface area (Å²) in [5.41, 5.74) is 0.925. The van der Waals surface area contributed by atoms with E-state index < -0.39 is 0 Å². The Bertz CT molecular complexity index is 556. The minimum Gasteiger partial charge on any atom is -0.492 e. The van der Waals surface area contributed by atoms with Crippen LogP contribution >= 0.6 is 27.5 Å². The van der Waals surface area contributed by atoms with Crippen LogP contribution in [0.25, 0.3) is 0 Å². The highest BCUT2D eigenvalue weighted by Crippen LogP contribution is 2.30. The van der Waals surface area contributed by atoms with Gasteiger partial charge in [-0.1, -0.05) is 11.6 Å². The number of ether oxygens (including phenoxy) is 1. The number of nitrogens with one attached hydrogen (secondary N) is 1. The van der Waals surface area contributed by atoms with Crippen LogP contribution in [-0.2, 0) is 0 Å². The average Bonchev–Trinajstić information content (AvgIpc) is 2.80. The van der Waals surface area contributed by atoms with E-state index in [1.165, 1.54) is 0 Å². The second-order valence-corrected chi connectivity index (χ2v) is 5.27. The molecule has 0 aliphatic carbocycles. The number of anilines is 1. The van der Waals surface area contributed by atoms with Gasteiger partial charge in [-0.15, -0.1) is 0 Å². The molecule has 0 aliphatic rings. The number of halogens is 2. The normalized spacial score (nSPS) is 12.2. The van der Waals surface area contributed by atoms with Crippen molar-refractivity contribution in [3.63, 3.8) is 0 Å². The lowest BCUT2D eigenvalue weighted by molar-refractivity contribution is 0.340. The predicted octanol–water partition coefficient (Wildman–Crippen LogP) is 5.27. The third-order valence-corrected chi connectivity index (χ3v) is 3.36. The zero-order valence-electron chi connectivity index (χ0n) is 10.7. The molecule has 2 aromatic rings. The van der Waals surface area contributed by atoms with E-state index in [2.05, 4.69) is 21.2 Å². The van der Waals surface area contributed by atoms with Crippen LogP contribution in [-0.4, -0.2) is 6.61 Å². The summed E-state index contributed by atoms with van der Waals surface area (Å²) in [5.74, 6) is 1.56. The van der Waals surface area contributed by atoms with Gasteiger partial charge >= 0.3 is 0 Å². The van der Waals surface area contributed by atoms with Crippen LogP contribution in [0.15, 0.2) is 39.4 Å². The van der Waals surface area contributed by atoms with E-state index in [1.54, 1.807) is 0 Å². The Morgan fingerprint density at radius 1 is 1.37 bits per heavy atom. The molecule has 0 saturated carbocycles. The van der Waals surface area contributed by atoms with E-state index in [9.17, 15) is 0 Å². The second-order valence-electron chi connectivity index (χ2n) is 4.09. The molecule has 0 spiro atoms. The van der Waals surface area contributed by atoms with Crippen molar-refractivity contribution in [3.8, 4) is 5.75 Å². The molecule has 0 radical (unpaired) electrons. The molecule has 102 valence electrons. The fraction of sp³-hybridized carbons (Fsp3) is 0.286. The van der Waals surface area contributed by atoms with Gasteiger partial charge in [0.05, 0.1) is 17.7 Å². The Morgan fingerprint density at radius 3 is 2.74 bits per heavy atom. The quantitative estimate of drug-likeness (QED) is 0.802. The van der Waals surface area contributed by atoms with Crippen LogP contribution in [0.4, 0.5) is 5.69 Å². The lowest BCUT2D eigenvalue weighted by Gasteiger charge is -2.14. The molecule has 3 nitrogen and oxygen atoms in total. The molecule has 0 saturated heterocycles. The van der Waals surface area contributed by atoms with Crippen molar-refractivity contribution in [2.24, 2.45) is 0 Å². The Balaban J connectivity index is 2.09. The minimum absolute atomic E-state index is 0.0558. The summed E-state index contributed by atoms with van der Waals surface area (Å²) in [5, 5.41) is 3.92. The summed E-state index contributed by atoms with van der Waals surface area (Å²) in [4.78, 5) is 0. The summed E-state index contributed by atoms with van der Waals surface area (Å²) >= 11 is 9.44. The highest BCUT2D eigenvalue weighted by atomic mass is 79.9. The van der Waals surface area contributed by atoms with Crippen molar-refractivity contribution < 1.29 is 9.15 Å². The summed E-state index contributed by atoms with van der Waals surface area (Å²) in [6.07, 6.45) is 0. The molecule has 1 aromatic carbocycles. The third-order valence-electron chi connectivity index (χ3n) is 2.64. The molecule has 1 heterocycles. The van der Waals surface area contributed by atoms with Gasteiger partial charge in [0.15, 0.2) is 4.67 Å². The van der Waals surface area contributed by atoms with E-state index in [4.69, 9.17) is 20.8 Å². The number of rotatable bonds is 5. The van der Waals surface area contributed by atoms with Gasteiger partial charge in [-0.2, -0.15) is 0 Å². The van der Waals surface area contributed by atoms with Gasteiger partial charge in [0, 0.05) is 5.69 Å². The molecule has 1 unspecified atom stereocenters. The number of hydrogen-bond donors (Lipinski definition) is 1. The van der Waals surface area contributed by atoms with Crippen LogP contribution in [0.2, 0.25) is 5.02 Å². The number of hydrogen-bond acceptors (Lipinski definition) is 3. The highest BCUT2D eigenvalue weighted by molar-refractivity contribution is 9.10. The Morgan fingerprint density at radius 2 is 2.16 bits per heavy atom. The monoisotopic (exact) mass is 343 g/mol. The highest BCUT2D eigenvalue weighted by Gasteiger charge is 2.10. The van der Waals surface area contributed by atoms with Gasteiger partial charge in [0.1, 0.15) is 11.5 Å². The average molecular weight is 345 g/mol. The van der Waals surface area contributed by atoms with Crippen molar-refractivity contribution in [2.45, 2.75) is 19.9 Å². The SMILES string of the molecule is CCOc1ccc(NC(C)c2ccc(Br)o2)cc1Cl.